The average Bonchev–Trinajstić information content (AvgIpc) is 3.28. The van der Waals surface area contributed by atoms with Gasteiger partial charge in [0.25, 0.3) is 5.91 Å². The molecule has 0 saturated heterocycles. The van der Waals surface area contributed by atoms with Gasteiger partial charge in [-0.15, -0.1) is 0 Å². The van der Waals surface area contributed by atoms with Gasteiger partial charge in [-0.3, -0.25) is 9.69 Å². The number of ether oxygens (including phenoxy) is 2. The van der Waals surface area contributed by atoms with Gasteiger partial charge in [0.05, 0.1) is 0 Å². The summed E-state index contributed by atoms with van der Waals surface area (Å²) in [6.07, 6.45) is 6.67. The van der Waals surface area contributed by atoms with Crippen molar-refractivity contribution in [3.05, 3.63) is 48.2 Å². The second kappa shape index (κ2) is 9.27. The topological polar surface area (TPSA) is 54.9 Å². The van der Waals surface area contributed by atoms with E-state index in [2.05, 4.69) is 9.88 Å². The minimum Gasteiger partial charge on any atom is -0.488 e. The fourth-order valence-electron chi connectivity index (χ4n) is 4.23. The van der Waals surface area contributed by atoms with Crippen molar-refractivity contribution in [2.45, 2.75) is 38.6 Å². The Hall–Kier alpha value is -2.60. The number of pyridine rings is 1. The summed E-state index contributed by atoms with van der Waals surface area (Å²) < 4.78 is 12.1. The molecular formula is C23H29N3O3. The zero-order valence-corrected chi connectivity index (χ0v) is 17.0. The van der Waals surface area contributed by atoms with E-state index in [1.54, 1.807) is 18.3 Å². The second-order valence-electron chi connectivity index (χ2n) is 7.61. The number of aromatic nitrogens is 1. The number of likely N-dealkylation sites (N-methyl/N-ethyl adjacent to an activating group) is 1. The molecule has 29 heavy (non-hydrogen) atoms. The highest BCUT2D eigenvalue weighted by atomic mass is 16.5. The molecule has 0 atom stereocenters. The summed E-state index contributed by atoms with van der Waals surface area (Å²) in [5.41, 5.74) is 0.482. The molecule has 2 heterocycles. The van der Waals surface area contributed by atoms with Crippen LogP contribution in [-0.4, -0.2) is 59.5 Å². The first kappa shape index (κ1) is 19.7. The third kappa shape index (κ3) is 4.53. The van der Waals surface area contributed by atoms with Crippen molar-refractivity contribution in [3.63, 3.8) is 0 Å². The van der Waals surface area contributed by atoms with Crippen LogP contribution in [0.15, 0.2) is 42.6 Å². The van der Waals surface area contributed by atoms with Crippen LogP contribution >= 0.6 is 0 Å². The number of benzene rings is 1. The van der Waals surface area contributed by atoms with Crippen LogP contribution in [0.3, 0.4) is 0 Å². The highest BCUT2D eigenvalue weighted by Crippen LogP contribution is 2.32. The molecule has 0 spiro atoms. The molecule has 1 amide bonds. The van der Waals surface area contributed by atoms with Crippen LogP contribution in [0.5, 0.6) is 17.4 Å². The van der Waals surface area contributed by atoms with E-state index in [9.17, 15) is 4.79 Å². The normalized spacial score (nSPS) is 19.2. The standard InChI is InChI=1S/C23H29N3O3/c1-2-25-14-15-26(18-8-3-4-9-18)16-17-28-20-11-5-6-12-21(20)29-22-19(23(25)27)10-7-13-24-22/h5-7,10-13,18H,2-4,8-9,14-17H2,1H3. The summed E-state index contributed by atoms with van der Waals surface area (Å²) in [6, 6.07) is 11.7. The number of fused-ring (bicyclic) bond motifs is 2. The Bertz CT molecular complexity index is 836. The molecule has 4 rings (SSSR count). The van der Waals surface area contributed by atoms with E-state index < -0.39 is 0 Å². The number of hydrogen-bond donors (Lipinski definition) is 0. The first-order valence-electron chi connectivity index (χ1n) is 10.6. The van der Waals surface area contributed by atoms with Gasteiger partial charge < -0.3 is 14.4 Å². The second-order valence-corrected chi connectivity index (χ2v) is 7.61. The lowest BCUT2D eigenvalue weighted by Gasteiger charge is -2.31. The maximum atomic E-state index is 13.3. The van der Waals surface area contributed by atoms with E-state index in [0.29, 0.717) is 48.7 Å². The van der Waals surface area contributed by atoms with Gasteiger partial charge in [-0.05, 0) is 44.0 Å². The molecule has 1 aliphatic heterocycles. The van der Waals surface area contributed by atoms with Crippen LogP contribution in [0.2, 0.25) is 0 Å². The molecule has 1 aromatic heterocycles. The van der Waals surface area contributed by atoms with Crippen molar-refractivity contribution in [2.24, 2.45) is 0 Å². The molecule has 0 N–H and O–H groups in total. The van der Waals surface area contributed by atoms with Crippen molar-refractivity contribution < 1.29 is 14.3 Å². The van der Waals surface area contributed by atoms with Gasteiger partial charge in [0.15, 0.2) is 11.5 Å². The Kier molecular flexibility index (Phi) is 6.30. The molecule has 1 fully saturated rings. The lowest BCUT2D eigenvalue weighted by Crippen LogP contribution is -2.43. The van der Waals surface area contributed by atoms with Gasteiger partial charge in [0.1, 0.15) is 12.2 Å². The Labute approximate surface area is 172 Å². The van der Waals surface area contributed by atoms with Crippen molar-refractivity contribution in [3.8, 4) is 17.4 Å². The van der Waals surface area contributed by atoms with Crippen LogP contribution in [0.25, 0.3) is 0 Å². The maximum Gasteiger partial charge on any atom is 0.259 e. The van der Waals surface area contributed by atoms with E-state index in [0.717, 1.165) is 13.1 Å². The van der Waals surface area contributed by atoms with Crippen LogP contribution in [0.1, 0.15) is 43.0 Å². The molecule has 154 valence electrons. The number of para-hydroxylation sites is 2. The Morgan fingerprint density at radius 2 is 1.83 bits per heavy atom. The van der Waals surface area contributed by atoms with Crippen LogP contribution in [-0.2, 0) is 0 Å². The Balaban J connectivity index is 1.67. The summed E-state index contributed by atoms with van der Waals surface area (Å²) in [5, 5.41) is 0. The van der Waals surface area contributed by atoms with Crippen molar-refractivity contribution in [1.29, 1.82) is 0 Å². The lowest BCUT2D eigenvalue weighted by molar-refractivity contribution is 0.0720. The zero-order chi connectivity index (χ0) is 20.1. The Morgan fingerprint density at radius 1 is 1.03 bits per heavy atom. The predicted octanol–water partition coefficient (Wildman–Crippen LogP) is 3.97. The SMILES string of the molecule is CCN1CCN(C2CCCC2)CCOc2ccccc2Oc2ncccc2C1=O. The highest BCUT2D eigenvalue weighted by Gasteiger charge is 2.26. The molecule has 6 heteroatoms. The maximum absolute atomic E-state index is 13.3. The quantitative estimate of drug-likeness (QED) is 0.770. The molecule has 1 aliphatic carbocycles. The molecular weight excluding hydrogens is 366 g/mol. The lowest BCUT2D eigenvalue weighted by atomic mass is 10.2. The third-order valence-electron chi connectivity index (χ3n) is 5.86. The molecule has 2 aromatic rings. The minimum atomic E-state index is -0.0420. The van der Waals surface area contributed by atoms with Crippen LogP contribution in [0.4, 0.5) is 0 Å². The van der Waals surface area contributed by atoms with Gasteiger partial charge in [0.2, 0.25) is 5.88 Å². The molecule has 1 aromatic carbocycles. The van der Waals surface area contributed by atoms with Gasteiger partial charge in [-0.2, -0.15) is 0 Å². The highest BCUT2D eigenvalue weighted by molar-refractivity contribution is 5.96. The van der Waals surface area contributed by atoms with Crippen molar-refractivity contribution >= 4 is 5.91 Å². The summed E-state index contributed by atoms with van der Waals surface area (Å²) in [4.78, 5) is 22.0. The summed E-state index contributed by atoms with van der Waals surface area (Å²) in [6.45, 7) is 5.64. The van der Waals surface area contributed by atoms with E-state index in [1.807, 2.05) is 36.1 Å². The van der Waals surface area contributed by atoms with E-state index >= 15 is 0 Å². The monoisotopic (exact) mass is 395 g/mol. The van der Waals surface area contributed by atoms with Gasteiger partial charge in [-0.1, -0.05) is 25.0 Å². The summed E-state index contributed by atoms with van der Waals surface area (Å²) in [5.74, 6) is 1.53. The largest absolute Gasteiger partial charge is 0.488 e. The number of hydrogen-bond acceptors (Lipinski definition) is 5. The molecule has 1 saturated carbocycles. The molecule has 0 radical (unpaired) electrons. The van der Waals surface area contributed by atoms with Crippen molar-refractivity contribution in [2.75, 3.05) is 32.8 Å². The third-order valence-corrected chi connectivity index (χ3v) is 5.86. The fourth-order valence-corrected chi connectivity index (χ4v) is 4.23. The summed E-state index contributed by atoms with van der Waals surface area (Å²) in [7, 11) is 0. The minimum absolute atomic E-state index is 0.0420. The average molecular weight is 396 g/mol. The Morgan fingerprint density at radius 3 is 2.62 bits per heavy atom. The molecule has 0 bridgehead atoms. The van der Waals surface area contributed by atoms with Gasteiger partial charge >= 0.3 is 0 Å². The van der Waals surface area contributed by atoms with E-state index in [1.165, 1.54) is 25.7 Å². The number of amides is 1. The smallest absolute Gasteiger partial charge is 0.259 e. The number of rotatable bonds is 2. The molecule has 0 unspecified atom stereocenters. The number of carbonyl (C=O) groups excluding carboxylic acids is 1. The van der Waals surface area contributed by atoms with E-state index in [4.69, 9.17) is 9.47 Å². The van der Waals surface area contributed by atoms with Gasteiger partial charge in [-0.25, -0.2) is 4.98 Å². The molecule has 6 nitrogen and oxygen atoms in total. The van der Waals surface area contributed by atoms with Crippen LogP contribution < -0.4 is 9.47 Å². The summed E-state index contributed by atoms with van der Waals surface area (Å²) >= 11 is 0. The number of nitrogens with zero attached hydrogens (tertiary/aromatic N) is 3. The fraction of sp³-hybridized carbons (Fsp3) is 0.478. The van der Waals surface area contributed by atoms with E-state index in [-0.39, 0.29) is 5.91 Å². The van der Waals surface area contributed by atoms with Crippen LogP contribution in [0, 0.1) is 0 Å². The first-order valence-corrected chi connectivity index (χ1v) is 10.6. The zero-order valence-electron chi connectivity index (χ0n) is 17.0. The van der Waals surface area contributed by atoms with Gasteiger partial charge in [0, 0.05) is 38.4 Å². The van der Waals surface area contributed by atoms with Crippen molar-refractivity contribution in [1.82, 2.24) is 14.8 Å². The molecule has 2 aliphatic rings. The first-order chi connectivity index (χ1) is 14.3. The predicted molar refractivity (Wildman–Crippen MR) is 112 cm³/mol. The number of carbonyl (C=O) groups is 1.